The largest absolute Gasteiger partial charge is 0.375 e. The maximum absolute atomic E-state index is 6.15. The molecule has 104 valence electrons. The number of hydrogen-bond donors (Lipinski definition) is 2. The first-order valence-corrected chi connectivity index (χ1v) is 7.93. The highest BCUT2D eigenvalue weighted by atomic mass is 16.5. The Morgan fingerprint density at radius 2 is 1.72 bits per heavy atom. The second kappa shape index (κ2) is 5.48. The van der Waals surface area contributed by atoms with Crippen molar-refractivity contribution in [2.75, 3.05) is 6.61 Å². The van der Waals surface area contributed by atoms with E-state index < -0.39 is 0 Å². The molecule has 0 aromatic rings. The van der Waals surface area contributed by atoms with Crippen molar-refractivity contribution in [3.63, 3.8) is 0 Å². The summed E-state index contributed by atoms with van der Waals surface area (Å²) < 4.78 is 6.15. The first kappa shape index (κ1) is 12.9. The molecule has 3 aliphatic rings. The van der Waals surface area contributed by atoms with Crippen molar-refractivity contribution in [3.05, 3.63) is 0 Å². The highest BCUT2D eigenvalue weighted by molar-refractivity contribution is 4.96. The molecule has 3 fully saturated rings. The van der Waals surface area contributed by atoms with Crippen molar-refractivity contribution >= 4 is 0 Å². The average molecular weight is 252 g/mol. The molecule has 3 N–H and O–H groups in total. The van der Waals surface area contributed by atoms with Crippen molar-refractivity contribution in [1.29, 1.82) is 0 Å². The zero-order valence-corrected chi connectivity index (χ0v) is 11.5. The fraction of sp³-hybridized carbons (Fsp3) is 1.00. The van der Waals surface area contributed by atoms with Gasteiger partial charge in [0.15, 0.2) is 0 Å². The number of hydrazine groups is 1. The summed E-state index contributed by atoms with van der Waals surface area (Å²) in [4.78, 5) is 0. The van der Waals surface area contributed by atoms with Crippen molar-refractivity contribution in [1.82, 2.24) is 5.43 Å². The van der Waals surface area contributed by atoms with E-state index in [1.54, 1.807) is 0 Å². The van der Waals surface area contributed by atoms with E-state index in [0.717, 1.165) is 18.4 Å². The van der Waals surface area contributed by atoms with Crippen LogP contribution >= 0.6 is 0 Å². The molecule has 2 saturated carbocycles. The van der Waals surface area contributed by atoms with Crippen molar-refractivity contribution in [2.45, 2.75) is 75.9 Å². The van der Waals surface area contributed by atoms with Crippen molar-refractivity contribution < 1.29 is 4.74 Å². The molecule has 3 heteroatoms. The summed E-state index contributed by atoms with van der Waals surface area (Å²) in [7, 11) is 0. The van der Waals surface area contributed by atoms with Crippen LogP contribution in [-0.2, 0) is 4.74 Å². The molecule has 18 heavy (non-hydrogen) atoms. The van der Waals surface area contributed by atoms with Gasteiger partial charge in [0.25, 0.3) is 0 Å². The Kier molecular flexibility index (Phi) is 3.92. The fourth-order valence-electron chi connectivity index (χ4n) is 4.71. The summed E-state index contributed by atoms with van der Waals surface area (Å²) in [6, 6.07) is 0.536. The van der Waals surface area contributed by atoms with Gasteiger partial charge >= 0.3 is 0 Å². The van der Waals surface area contributed by atoms with E-state index in [1.165, 1.54) is 64.2 Å². The van der Waals surface area contributed by atoms with Gasteiger partial charge in [-0.3, -0.25) is 11.3 Å². The third kappa shape index (κ3) is 2.45. The maximum atomic E-state index is 6.15. The van der Waals surface area contributed by atoms with Crippen molar-refractivity contribution in [3.8, 4) is 0 Å². The number of rotatable bonds is 3. The predicted octanol–water partition coefficient (Wildman–Crippen LogP) is 2.75. The minimum atomic E-state index is 0.233. The van der Waals surface area contributed by atoms with Gasteiger partial charge < -0.3 is 4.74 Å². The van der Waals surface area contributed by atoms with Crippen LogP contribution in [0.5, 0.6) is 0 Å². The zero-order valence-electron chi connectivity index (χ0n) is 11.5. The Bertz CT molecular complexity index is 270. The van der Waals surface area contributed by atoms with Gasteiger partial charge in [0.05, 0.1) is 5.60 Å². The van der Waals surface area contributed by atoms with Crippen LogP contribution in [0.3, 0.4) is 0 Å². The normalized spacial score (nSPS) is 34.2. The van der Waals surface area contributed by atoms with Crippen LogP contribution in [0.1, 0.15) is 64.2 Å². The van der Waals surface area contributed by atoms with Crippen LogP contribution < -0.4 is 11.3 Å². The minimum absolute atomic E-state index is 0.233. The monoisotopic (exact) mass is 252 g/mol. The first-order valence-electron chi connectivity index (χ1n) is 7.93. The van der Waals surface area contributed by atoms with E-state index in [1.807, 2.05) is 0 Å². The van der Waals surface area contributed by atoms with E-state index in [4.69, 9.17) is 10.6 Å². The molecule has 1 spiro atoms. The van der Waals surface area contributed by atoms with Gasteiger partial charge in [-0.05, 0) is 50.4 Å². The van der Waals surface area contributed by atoms with Crippen LogP contribution in [0.15, 0.2) is 0 Å². The SMILES string of the molecule is NNC(C1CCCC1)C1CCOC2(CCCC2)C1. The summed E-state index contributed by atoms with van der Waals surface area (Å²) in [6.45, 7) is 0.954. The molecule has 2 atom stereocenters. The molecule has 0 aromatic carbocycles. The van der Waals surface area contributed by atoms with Gasteiger partial charge in [-0.25, -0.2) is 0 Å². The van der Waals surface area contributed by atoms with Gasteiger partial charge in [-0.1, -0.05) is 25.7 Å². The molecule has 0 radical (unpaired) electrons. The molecule has 1 heterocycles. The van der Waals surface area contributed by atoms with Crippen LogP contribution in [0.25, 0.3) is 0 Å². The molecule has 1 aliphatic heterocycles. The second-order valence-corrected chi connectivity index (χ2v) is 6.73. The fourth-order valence-corrected chi connectivity index (χ4v) is 4.71. The number of hydrogen-bond acceptors (Lipinski definition) is 3. The van der Waals surface area contributed by atoms with Crippen molar-refractivity contribution in [2.24, 2.45) is 17.7 Å². The molecule has 0 amide bonds. The molecular weight excluding hydrogens is 224 g/mol. The predicted molar refractivity (Wildman–Crippen MR) is 72.9 cm³/mol. The smallest absolute Gasteiger partial charge is 0.0685 e. The summed E-state index contributed by atoms with van der Waals surface area (Å²) >= 11 is 0. The Morgan fingerprint density at radius 3 is 2.39 bits per heavy atom. The molecule has 3 rings (SSSR count). The van der Waals surface area contributed by atoms with Gasteiger partial charge in [-0.15, -0.1) is 0 Å². The molecule has 0 bridgehead atoms. The zero-order chi connectivity index (χ0) is 12.4. The standard InChI is InChI=1S/C15H28N2O/c16-17-14(12-5-1-2-6-12)13-7-10-18-15(11-13)8-3-4-9-15/h12-14,17H,1-11,16H2. The van der Waals surface area contributed by atoms with Gasteiger partial charge in [-0.2, -0.15) is 0 Å². The Labute approximate surface area is 111 Å². The highest BCUT2D eigenvalue weighted by Gasteiger charge is 2.43. The lowest BCUT2D eigenvalue weighted by Crippen LogP contribution is -2.50. The van der Waals surface area contributed by atoms with Crippen LogP contribution in [-0.4, -0.2) is 18.2 Å². The molecule has 2 aliphatic carbocycles. The Morgan fingerprint density at radius 1 is 1.00 bits per heavy atom. The molecular formula is C15H28N2O. The Hall–Kier alpha value is -0.120. The number of nitrogens with one attached hydrogen (secondary N) is 1. The Balaban J connectivity index is 1.66. The van der Waals surface area contributed by atoms with Gasteiger partial charge in [0.2, 0.25) is 0 Å². The summed E-state index contributed by atoms with van der Waals surface area (Å²) in [6.07, 6.45) is 13.3. The van der Waals surface area contributed by atoms with Gasteiger partial charge in [0.1, 0.15) is 0 Å². The van der Waals surface area contributed by atoms with Crippen LogP contribution in [0.2, 0.25) is 0 Å². The second-order valence-electron chi connectivity index (χ2n) is 6.73. The quantitative estimate of drug-likeness (QED) is 0.600. The van der Waals surface area contributed by atoms with E-state index in [-0.39, 0.29) is 5.60 Å². The minimum Gasteiger partial charge on any atom is -0.375 e. The molecule has 1 saturated heterocycles. The van der Waals surface area contributed by atoms with E-state index in [2.05, 4.69) is 5.43 Å². The van der Waals surface area contributed by atoms with Crippen LogP contribution in [0, 0.1) is 11.8 Å². The number of ether oxygens (including phenoxy) is 1. The lowest BCUT2D eigenvalue weighted by atomic mass is 9.76. The third-order valence-corrected chi connectivity index (χ3v) is 5.65. The molecule has 3 nitrogen and oxygen atoms in total. The van der Waals surface area contributed by atoms with Gasteiger partial charge in [0, 0.05) is 12.6 Å². The third-order valence-electron chi connectivity index (χ3n) is 5.65. The lowest BCUT2D eigenvalue weighted by molar-refractivity contribution is -0.101. The van der Waals surface area contributed by atoms with E-state index in [9.17, 15) is 0 Å². The summed E-state index contributed by atoms with van der Waals surface area (Å²) in [5.74, 6) is 7.44. The summed E-state index contributed by atoms with van der Waals surface area (Å²) in [5.41, 5.74) is 3.40. The molecule has 2 unspecified atom stereocenters. The highest BCUT2D eigenvalue weighted by Crippen LogP contribution is 2.44. The summed E-state index contributed by atoms with van der Waals surface area (Å²) in [5, 5.41) is 0. The maximum Gasteiger partial charge on any atom is 0.0685 e. The van der Waals surface area contributed by atoms with Crippen LogP contribution in [0.4, 0.5) is 0 Å². The van der Waals surface area contributed by atoms with E-state index in [0.29, 0.717) is 6.04 Å². The first-order chi connectivity index (χ1) is 8.83. The topological polar surface area (TPSA) is 47.3 Å². The lowest BCUT2D eigenvalue weighted by Gasteiger charge is -2.42. The van der Waals surface area contributed by atoms with E-state index >= 15 is 0 Å². The molecule has 0 aromatic heterocycles. The average Bonchev–Trinajstić information content (AvgIpc) is 3.03. The number of nitrogens with two attached hydrogens (primary N) is 1.